The number of rotatable bonds is 9. The first kappa shape index (κ1) is 25.7. The van der Waals surface area contributed by atoms with Crippen LogP contribution in [0.25, 0.3) is 0 Å². The molecule has 35 heavy (non-hydrogen) atoms. The molecule has 4 heteroatoms. The second kappa shape index (κ2) is 12.6. The zero-order chi connectivity index (χ0) is 24.6. The lowest BCUT2D eigenvalue weighted by molar-refractivity contribution is 0.192. The van der Waals surface area contributed by atoms with Crippen molar-refractivity contribution in [1.82, 2.24) is 0 Å². The quantitative estimate of drug-likeness (QED) is 0.332. The standard InChI is InChI=1S/C31H40F2O2/c1-3-5-22-6-10-24(11-7-22)26-14-16-27(17-15-26)25-12-8-23(9-13-25)21-35-29-19-18-28(34-20-4-2)30(32)31(29)33/h4,14-20,22-25H,3,5-13,21H2,1-2H3. The van der Waals surface area contributed by atoms with Crippen LogP contribution in [0.4, 0.5) is 8.78 Å². The SMILES string of the molecule is CC=COc1ccc(OCC2CCC(c3ccc(C4CCC(CCC)CC4)cc3)CC2)c(F)c1F. The van der Waals surface area contributed by atoms with Crippen LogP contribution in [0.15, 0.2) is 48.7 Å². The van der Waals surface area contributed by atoms with E-state index in [9.17, 15) is 8.78 Å². The van der Waals surface area contributed by atoms with Crippen molar-refractivity contribution in [1.29, 1.82) is 0 Å². The molecule has 4 rings (SSSR count). The van der Waals surface area contributed by atoms with Gasteiger partial charge in [0, 0.05) is 0 Å². The molecule has 2 aromatic carbocycles. The molecule has 0 atom stereocenters. The van der Waals surface area contributed by atoms with Gasteiger partial charge in [-0.3, -0.25) is 0 Å². The molecule has 0 aliphatic heterocycles. The van der Waals surface area contributed by atoms with Crippen molar-refractivity contribution >= 4 is 0 Å². The van der Waals surface area contributed by atoms with Gasteiger partial charge in [0.05, 0.1) is 12.9 Å². The fourth-order valence-electron chi connectivity index (χ4n) is 5.96. The van der Waals surface area contributed by atoms with Gasteiger partial charge in [-0.15, -0.1) is 0 Å². The third kappa shape index (κ3) is 6.65. The second-order valence-electron chi connectivity index (χ2n) is 10.5. The van der Waals surface area contributed by atoms with E-state index in [-0.39, 0.29) is 11.5 Å². The van der Waals surface area contributed by atoms with Crippen LogP contribution in [-0.4, -0.2) is 6.61 Å². The van der Waals surface area contributed by atoms with Crippen LogP contribution in [0.1, 0.15) is 101 Å². The zero-order valence-electron chi connectivity index (χ0n) is 21.3. The van der Waals surface area contributed by atoms with Crippen LogP contribution < -0.4 is 9.47 Å². The first-order valence-corrected chi connectivity index (χ1v) is 13.6. The molecule has 0 radical (unpaired) electrons. The predicted molar refractivity (Wildman–Crippen MR) is 138 cm³/mol. The molecule has 190 valence electrons. The number of benzene rings is 2. The number of allylic oxidation sites excluding steroid dienone is 1. The van der Waals surface area contributed by atoms with E-state index in [4.69, 9.17) is 9.47 Å². The van der Waals surface area contributed by atoms with E-state index in [0.29, 0.717) is 18.4 Å². The van der Waals surface area contributed by atoms with E-state index in [2.05, 4.69) is 31.2 Å². The minimum atomic E-state index is -1.01. The van der Waals surface area contributed by atoms with Crippen molar-refractivity contribution in [3.63, 3.8) is 0 Å². The van der Waals surface area contributed by atoms with Crippen molar-refractivity contribution in [3.8, 4) is 11.5 Å². The van der Waals surface area contributed by atoms with Crippen molar-refractivity contribution in [3.05, 3.63) is 71.5 Å². The van der Waals surface area contributed by atoms with E-state index < -0.39 is 11.6 Å². The first-order chi connectivity index (χ1) is 17.1. The lowest BCUT2D eigenvalue weighted by Crippen LogP contribution is -2.19. The van der Waals surface area contributed by atoms with Crippen LogP contribution in [0.3, 0.4) is 0 Å². The van der Waals surface area contributed by atoms with Gasteiger partial charge >= 0.3 is 0 Å². The molecule has 0 N–H and O–H groups in total. The summed E-state index contributed by atoms with van der Waals surface area (Å²) >= 11 is 0. The van der Waals surface area contributed by atoms with Crippen molar-refractivity contribution < 1.29 is 18.3 Å². The highest BCUT2D eigenvalue weighted by atomic mass is 19.2. The fraction of sp³-hybridized carbons (Fsp3) is 0.548. The van der Waals surface area contributed by atoms with Gasteiger partial charge in [0.25, 0.3) is 0 Å². The number of ether oxygens (including phenoxy) is 2. The van der Waals surface area contributed by atoms with Gasteiger partial charge in [0.15, 0.2) is 11.5 Å². The molecule has 2 saturated carbocycles. The van der Waals surface area contributed by atoms with Gasteiger partial charge in [-0.2, -0.15) is 8.78 Å². The monoisotopic (exact) mass is 482 g/mol. The molecule has 2 nitrogen and oxygen atoms in total. The Labute approximate surface area is 209 Å². The molecular formula is C31H40F2O2. The number of hydrogen-bond acceptors (Lipinski definition) is 2. The molecular weight excluding hydrogens is 442 g/mol. The zero-order valence-corrected chi connectivity index (χ0v) is 21.3. The predicted octanol–water partition coefficient (Wildman–Crippen LogP) is 9.30. The van der Waals surface area contributed by atoms with E-state index in [1.807, 2.05) is 0 Å². The van der Waals surface area contributed by atoms with Gasteiger partial charge in [0.2, 0.25) is 11.6 Å². The highest BCUT2D eigenvalue weighted by Gasteiger charge is 2.25. The smallest absolute Gasteiger partial charge is 0.205 e. The molecule has 0 saturated heterocycles. The minimum Gasteiger partial charge on any atom is -0.490 e. The number of hydrogen-bond donors (Lipinski definition) is 0. The first-order valence-electron chi connectivity index (χ1n) is 13.6. The summed E-state index contributed by atoms with van der Waals surface area (Å²) in [4.78, 5) is 0. The highest BCUT2D eigenvalue weighted by Crippen LogP contribution is 2.40. The van der Waals surface area contributed by atoms with E-state index in [1.165, 1.54) is 68.0 Å². The third-order valence-electron chi connectivity index (χ3n) is 8.09. The third-order valence-corrected chi connectivity index (χ3v) is 8.09. The lowest BCUT2D eigenvalue weighted by Gasteiger charge is -2.30. The Balaban J connectivity index is 1.24. The summed E-state index contributed by atoms with van der Waals surface area (Å²) < 4.78 is 39.3. The molecule has 2 aliphatic rings. The van der Waals surface area contributed by atoms with Crippen LogP contribution in [0.5, 0.6) is 11.5 Å². The summed E-state index contributed by atoms with van der Waals surface area (Å²) in [6.45, 7) is 4.46. The van der Waals surface area contributed by atoms with Gasteiger partial charge in [-0.1, -0.05) is 50.1 Å². The summed E-state index contributed by atoms with van der Waals surface area (Å²) in [6.07, 6.45) is 15.4. The average molecular weight is 483 g/mol. The highest BCUT2D eigenvalue weighted by molar-refractivity contribution is 5.35. The molecule has 0 aromatic heterocycles. The minimum absolute atomic E-state index is 0.0447. The summed E-state index contributed by atoms with van der Waals surface area (Å²) in [5.74, 6) is 0.450. The summed E-state index contributed by atoms with van der Waals surface area (Å²) in [5, 5.41) is 0. The van der Waals surface area contributed by atoms with Crippen molar-refractivity contribution in [2.24, 2.45) is 11.8 Å². The maximum Gasteiger partial charge on any atom is 0.205 e. The van der Waals surface area contributed by atoms with Gasteiger partial charge < -0.3 is 9.47 Å². The molecule has 0 heterocycles. The molecule has 0 bridgehead atoms. The Morgan fingerprint density at radius 2 is 1.26 bits per heavy atom. The van der Waals surface area contributed by atoms with Gasteiger partial charge in [-0.05, 0) is 105 Å². The summed E-state index contributed by atoms with van der Waals surface area (Å²) in [7, 11) is 0. The van der Waals surface area contributed by atoms with Crippen LogP contribution in [0, 0.1) is 23.5 Å². The van der Waals surface area contributed by atoms with E-state index >= 15 is 0 Å². The van der Waals surface area contributed by atoms with Crippen molar-refractivity contribution in [2.45, 2.75) is 89.9 Å². The van der Waals surface area contributed by atoms with Crippen LogP contribution in [0.2, 0.25) is 0 Å². The molecule has 0 spiro atoms. The van der Waals surface area contributed by atoms with Crippen molar-refractivity contribution in [2.75, 3.05) is 6.61 Å². The van der Waals surface area contributed by atoms with Crippen LogP contribution in [-0.2, 0) is 0 Å². The molecule has 2 aromatic rings. The summed E-state index contributed by atoms with van der Waals surface area (Å²) in [6, 6.07) is 12.3. The topological polar surface area (TPSA) is 18.5 Å². The largest absolute Gasteiger partial charge is 0.490 e. The van der Waals surface area contributed by atoms with Gasteiger partial charge in [0.1, 0.15) is 0 Å². The van der Waals surface area contributed by atoms with Crippen LogP contribution >= 0.6 is 0 Å². The van der Waals surface area contributed by atoms with Gasteiger partial charge in [-0.25, -0.2) is 0 Å². The average Bonchev–Trinajstić information content (AvgIpc) is 2.90. The molecule has 0 unspecified atom stereocenters. The maximum absolute atomic E-state index is 14.3. The van der Waals surface area contributed by atoms with E-state index in [0.717, 1.165) is 37.5 Å². The van der Waals surface area contributed by atoms with E-state index in [1.54, 1.807) is 13.0 Å². The number of halogens is 2. The Morgan fingerprint density at radius 3 is 1.80 bits per heavy atom. The fourth-order valence-corrected chi connectivity index (χ4v) is 5.96. The molecule has 2 fully saturated rings. The maximum atomic E-state index is 14.3. The molecule has 0 amide bonds. The normalized spacial score (nSPS) is 25.0. The Bertz CT molecular complexity index is 953. The molecule has 2 aliphatic carbocycles. The Morgan fingerprint density at radius 1 is 0.743 bits per heavy atom. The lowest BCUT2D eigenvalue weighted by atomic mass is 9.76. The second-order valence-corrected chi connectivity index (χ2v) is 10.5. The Hall–Kier alpha value is -2.36. The summed E-state index contributed by atoms with van der Waals surface area (Å²) in [5.41, 5.74) is 2.96. The Kier molecular flexibility index (Phi) is 9.23.